The average molecular weight is 256 g/mol. The van der Waals surface area contributed by atoms with Gasteiger partial charge in [-0.25, -0.2) is 0 Å². The zero-order valence-electron chi connectivity index (χ0n) is 9.73. The summed E-state index contributed by atoms with van der Waals surface area (Å²) in [6.45, 7) is 2.06. The maximum atomic E-state index is 11.3. The summed E-state index contributed by atoms with van der Waals surface area (Å²) in [5.41, 5.74) is 0. The first-order valence-electron chi connectivity index (χ1n) is 5.62. The molecular formula is C10H16N4O2S. The van der Waals surface area contributed by atoms with Crippen molar-refractivity contribution in [2.75, 3.05) is 32.1 Å². The van der Waals surface area contributed by atoms with Crippen molar-refractivity contribution in [3.05, 3.63) is 5.01 Å². The Balaban J connectivity index is 1.93. The second-order valence-corrected chi connectivity index (χ2v) is 4.98. The fraction of sp³-hybridized carbons (Fsp3) is 0.700. The third-order valence-corrected chi connectivity index (χ3v) is 3.61. The zero-order valence-corrected chi connectivity index (χ0v) is 10.5. The molecule has 0 aliphatic carbocycles. The van der Waals surface area contributed by atoms with Gasteiger partial charge in [0.25, 0.3) is 5.91 Å². The molecule has 17 heavy (non-hydrogen) atoms. The number of nitrogens with zero attached hydrogens (tertiary/aromatic N) is 2. The molecule has 2 rings (SSSR count). The van der Waals surface area contributed by atoms with Crippen LogP contribution in [-0.2, 0) is 9.53 Å². The van der Waals surface area contributed by atoms with Gasteiger partial charge < -0.3 is 10.1 Å². The molecule has 1 amide bonds. The number of piperidine rings is 1. The third kappa shape index (κ3) is 3.45. The van der Waals surface area contributed by atoms with E-state index in [1.165, 1.54) is 18.4 Å². The van der Waals surface area contributed by atoms with Crippen molar-refractivity contribution in [3.8, 4) is 0 Å². The molecular weight excluding hydrogens is 240 g/mol. The lowest BCUT2D eigenvalue weighted by Crippen LogP contribution is -2.28. The lowest BCUT2D eigenvalue weighted by Gasteiger charge is -2.19. The molecule has 1 unspecified atom stereocenters. The molecule has 0 radical (unpaired) electrons. The number of ether oxygens (including phenoxy) is 1. The summed E-state index contributed by atoms with van der Waals surface area (Å²) in [6.07, 6.45) is 2.29. The van der Waals surface area contributed by atoms with Gasteiger partial charge in [0.15, 0.2) is 0 Å². The summed E-state index contributed by atoms with van der Waals surface area (Å²) in [5.74, 6) is 0.228. The van der Waals surface area contributed by atoms with Gasteiger partial charge in [0.1, 0.15) is 11.6 Å². The normalized spacial score (nSPS) is 20.2. The smallest absolute Gasteiger partial charge is 0.252 e. The molecule has 1 atom stereocenters. The first-order chi connectivity index (χ1) is 8.29. The van der Waals surface area contributed by atoms with E-state index in [0.29, 0.717) is 11.0 Å². The minimum Gasteiger partial charge on any atom is -0.375 e. The van der Waals surface area contributed by atoms with Crippen LogP contribution in [0.1, 0.15) is 23.8 Å². The first-order valence-corrected chi connectivity index (χ1v) is 6.44. The van der Waals surface area contributed by atoms with Crippen molar-refractivity contribution in [2.45, 2.75) is 18.8 Å². The number of nitrogens with one attached hydrogen (secondary N) is 2. The summed E-state index contributed by atoms with van der Waals surface area (Å²) in [6, 6.07) is 0. The number of anilines is 1. The molecule has 2 N–H and O–H groups in total. The highest BCUT2D eigenvalue weighted by Crippen LogP contribution is 2.27. The van der Waals surface area contributed by atoms with Crippen LogP contribution in [0.5, 0.6) is 0 Å². The second kappa shape index (κ2) is 6.04. The van der Waals surface area contributed by atoms with Crippen molar-refractivity contribution in [1.29, 1.82) is 0 Å². The van der Waals surface area contributed by atoms with Crippen molar-refractivity contribution in [2.24, 2.45) is 0 Å². The van der Waals surface area contributed by atoms with E-state index in [9.17, 15) is 4.79 Å². The van der Waals surface area contributed by atoms with Gasteiger partial charge >= 0.3 is 0 Å². The number of hydrogen-bond donors (Lipinski definition) is 2. The van der Waals surface area contributed by atoms with Crippen LogP contribution in [0.25, 0.3) is 0 Å². The predicted molar refractivity (Wildman–Crippen MR) is 65.3 cm³/mol. The number of methoxy groups -OCH3 is 1. The van der Waals surface area contributed by atoms with E-state index in [-0.39, 0.29) is 12.5 Å². The van der Waals surface area contributed by atoms with E-state index in [4.69, 9.17) is 4.74 Å². The molecule has 6 nitrogen and oxygen atoms in total. The van der Waals surface area contributed by atoms with Crippen LogP contribution in [0.2, 0.25) is 0 Å². The van der Waals surface area contributed by atoms with E-state index >= 15 is 0 Å². The Labute approximate surface area is 104 Å². The van der Waals surface area contributed by atoms with Gasteiger partial charge in [-0.2, -0.15) is 0 Å². The van der Waals surface area contributed by atoms with Gasteiger partial charge in [-0.1, -0.05) is 11.3 Å². The van der Waals surface area contributed by atoms with Crippen molar-refractivity contribution in [3.63, 3.8) is 0 Å². The summed E-state index contributed by atoms with van der Waals surface area (Å²) in [7, 11) is 1.48. The first kappa shape index (κ1) is 12.4. The predicted octanol–water partition coefficient (Wildman–Crippen LogP) is 0.590. The number of hydrogen-bond acceptors (Lipinski definition) is 6. The Kier molecular flexibility index (Phi) is 4.41. The van der Waals surface area contributed by atoms with E-state index in [1.54, 1.807) is 0 Å². The van der Waals surface area contributed by atoms with Gasteiger partial charge in [0, 0.05) is 19.6 Å². The lowest BCUT2D eigenvalue weighted by atomic mass is 10.0. The molecule has 1 aromatic heterocycles. The minimum absolute atomic E-state index is 0.0416. The lowest BCUT2D eigenvalue weighted by molar-refractivity contribution is -0.119. The summed E-state index contributed by atoms with van der Waals surface area (Å²) >= 11 is 1.44. The molecule has 0 aromatic carbocycles. The van der Waals surface area contributed by atoms with Crippen LogP contribution in [0.15, 0.2) is 0 Å². The number of carbonyl (C=O) groups excluding carboxylic acids is 1. The number of aromatic nitrogens is 2. The minimum atomic E-state index is -0.197. The SMILES string of the molecule is COCC(=O)Nc1nnc(C2CCCNC2)s1. The van der Waals surface area contributed by atoms with Crippen LogP contribution in [0, 0.1) is 0 Å². The standard InChI is InChI=1S/C10H16N4O2S/c1-16-6-8(15)12-10-14-13-9(17-10)7-3-2-4-11-5-7/h7,11H,2-6H2,1H3,(H,12,14,15). The van der Waals surface area contributed by atoms with Crippen LogP contribution in [-0.4, -0.2) is 42.9 Å². The van der Waals surface area contributed by atoms with Gasteiger partial charge in [0.05, 0.1) is 0 Å². The second-order valence-electron chi connectivity index (χ2n) is 3.97. The highest BCUT2D eigenvalue weighted by atomic mass is 32.1. The highest BCUT2D eigenvalue weighted by molar-refractivity contribution is 7.15. The quantitative estimate of drug-likeness (QED) is 0.824. The third-order valence-electron chi connectivity index (χ3n) is 2.61. The number of carbonyl (C=O) groups is 1. The van der Waals surface area contributed by atoms with E-state index in [2.05, 4.69) is 20.8 Å². The van der Waals surface area contributed by atoms with E-state index in [1.807, 2.05) is 0 Å². The van der Waals surface area contributed by atoms with Crippen molar-refractivity contribution < 1.29 is 9.53 Å². The Morgan fingerprint density at radius 2 is 2.53 bits per heavy atom. The maximum absolute atomic E-state index is 11.3. The monoisotopic (exact) mass is 256 g/mol. The Morgan fingerprint density at radius 1 is 1.65 bits per heavy atom. The van der Waals surface area contributed by atoms with Crippen LogP contribution in [0.3, 0.4) is 0 Å². The van der Waals surface area contributed by atoms with Crippen molar-refractivity contribution in [1.82, 2.24) is 15.5 Å². The zero-order chi connectivity index (χ0) is 12.1. The van der Waals surface area contributed by atoms with Gasteiger partial charge in [-0.3, -0.25) is 10.1 Å². The average Bonchev–Trinajstić information content (AvgIpc) is 2.79. The van der Waals surface area contributed by atoms with Gasteiger partial charge in [-0.15, -0.1) is 10.2 Å². The molecule has 0 spiro atoms. The van der Waals surface area contributed by atoms with Crippen molar-refractivity contribution >= 4 is 22.4 Å². The molecule has 1 aromatic rings. The fourth-order valence-electron chi connectivity index (χ4n) is 1.80. The Hall–Kier alpha value is -1.05. The topological polar surface area (TPSA) is 76.1 Å². The molecule has 1 fully saturated rings. The van der Waals surface area contributed by atoms with E-state index in [0.717, 1.165) is 30.9 Å². The van der Waals surface area contributed by atoms with E-state index < -0.39 is 0 Å². The summed E-state index contributed by atoms with van der Waals surface area (Å²) in [5, 5.41) is 15.6. The van der Waals surface area contributed by atoms with Crippen LogP contribution in [0.4, 0.5) is 5.13 Å². The largest absolute Gasteiger partial charge is 0.375 e. The molecule has 1 aliphatic heterocycles. The molecule has 94 valence electrons. The molecule has 0 bridgehead atoms. The summed E-state index contributed by atoms with van der Waals surface area (Å²) < 4.78 is 4.73. The number of rotatable bonds is 4. The van der Waals surface area contributed by atoms with Crippen LogP contribution < -0.4 is 10.6 Å². The maximum Gasteiger partial charge on any atom is 0.252 e. The van der Waals surface area contributed by atoms with Gasteiger partial charge in [0.2, 0.25) is 5.13 Å². The Morgan fingerprint density at radius 3 is 3.24 bits per heavy atom. The molecule has 2 heterocycles. The fourth-order valence-corrected chi connectivity index (χ4v) is 2.69. The number of amides is 1. The molecule has 1 aliphatic rings. The van der Waals surface area contributed by atoms with Gasteiger partial charge in [-0.05, 0) is 19.4 Å². The summed E-state index contributed by atoms with van der Waals surface area (Å²) in [4.78, 5) is 11.3. The highest BCUT2D eigenvalue weighted by Gasteiger charge is 2.19. The molecule has 7 heteroatoms. The van der Waals surface area contributed by atoms with Crippen LogP contribution >= 0.6 is 11.3 Å². The molecule has 1 saturated heterocycles. The molecule has 0 saturated carbocycles. The Bertz CT molecular complexity index is 376.